The zero-order valence-electron chi connectivity index (χ0n) is 57.5. The number of hydrogen-bond acceptors (Lipinski definition) is 8. The van der Waals surface area contributed by atoms with Gasteiger partial charge in [0.05, 0.1) is 20.3 Å². The standard InChI is InChI=1S/C59H90O4.C20H21ClO4/c1-44(2)24-15-25-45(3)26-16-27-46(4)28-17-29-47(5)30-18-31-48(6)32-19-33-49(7)34-20-35-50(8)36-21-37-51(9)38-22-39-52(10)40-23-41-53(11)42-43-55-54(12)56(60)58(62-13)59(63-14)57(55)61;1-13(2)24-19(23)20(3,4)25-17-11-7-15(8-12-17)18(22)14-5-9-16(21)10-6-14/h24,26,28,30,32,34,36,38,40,42H,15-23,25,27,29,31,33,35,37,39,41,43H2,1-14H3;5-13H,1-4H3/b45-26+,46-28+,47-30+,48-32+,49-34+,50-36+,51-38+,52-40+,53-42+;. The second kappa shape index (κ2) is 42.4. The maximum absolute atomic E-state index is 12.9. The SMILES string of the molecule is CC(C)OC(=O)C(C)(C)Oc1ccc(C(=O)c2ccc(Cl)cc2)cc1.COC1=C(OC)C(=O)C(C/C=C(\C)CC/C=C(\C)CC/C=C(\C)CC/C=C(\C)CC/C=C(\C)CC/C=C(\C)CC/C=C(\C)CC/C=C(\C)CC/C=C(\C)CCC=C(C)C)=C(C)C1=O. The molecule has 8 nitrogen and oxygen atoms in total. The molecule has 482 valence electrons. The van der Waals surface area contributed by atoms with E-state index < -0.39 is 11.6 Å². The zero-order chi connectivity index (χ0) is 65.8. The number of allylic oxidation sites excluding steroid dienone is 22. The lowest BCUT2D eigenvalue weighted by molar-refractivity contribution is -0.163. The average Bonchev–Trinajstić information content (AvgIpc) is 1.54. The van der Waals surface area contributed by atoms with Gasteiger partial charge in [0, 0.05) is 27.3 Å². The summed E-state index contributed by atoms with van der Waals surface area (Å²) in [4.78, 5) is 50.0. The van der Waals surface area contributed by atoms with Gasteiger partial charge in [-0.05, 0) is 281 Å². The summed E-state index contributed by atoms with van der Waals surface area (Å²) in [5, 5.41) is 0.579. The van der Waals surface area contributed by atoms with Gasteiger partial charge >= 0.3 is 5.97 Å². The first-order chi connectivity index (χ1) is 41.7. The lowest BCUT2D eigenvalue weighted by Crippen LogP contribution is -2.40. The fourth-order valence-electron chi connectivity index (χ4n) is 9.73. The van der Waals surface area contributed by atoms with E-state index >= 15 is 0 Å². The molecule has 0 saturated heterocycles. The summed E-state index contributed by atoms with van der Waals surface area (Å²) in [6, 6.07) is 13.4. The molecular formula is C79H111ClO8. The van der Waals surface area contributed by atoms with Crippen LogP contribution in [0, 0.1) is 0 Å². The van der Waals surface area contributed by atoms with Gasteiger partial charge in [0.2, 0.25) is 23.1 Å². The van der Waals surface area contributed by atoms with Crippen LogP contribution in [-0.2, 0) is 28.6 Å². The van der Waals surface area contributed by atoms with Gasteiger partial charge in [-0.3, -0.25) is 14.4 Å². The van der Waals surface area contributed by atoms with E-state index in [9.17, 15) is 19.2 Å². The molecule has 0 amide bonds. The van der Waals surface area contributed by atoms with Crippen LogP contribution in [0.3, 0.4) is 0 Å². The van der Waals surface area contributed by atoms with Crippen molar-refractivity contribution in [1.29, 1.82) is 0 Å². The Morgan fingerprint density at radius 1 is 0.455 bits per heavy atom. The van der Waals surface area contributed by atoms with E-state index in [2.05, 4.69) is 137 Å². The van der Waals surface area contributed by atoms with Gasteiger partial charge in [-0.25, -0.2) is 4.79 Å². The van der Waals surface area contributed by atoms with E-state index in [-0.39, 0.29) is 35.0 Å². The fraction of sp³-hybridized carbons (Fsp3) is 0.494. The van der Waals surface area contributed by atoms with Gasteiger partial charge < -0.3 is 18.9 Å². The minimum Gasteiger partial charge on any atom is -0.489 e. The molecule has 0 saturated carbocycles. The molecule has 0 heterocycles. The van der Waals surface area contributed by atoms with Gasteiger partial charge in [-0.15, -0.1) is 0 Å². The maximum Gasteiger partial charge on any atom is 0.350 e. The Morgan fingerprint density at radius 3 is 1.06 bits per heavy atom. The molecule has 3 rings (SSSR count). The molecule has 0 bridgehead atoms. The van der Waals surface area contributed by atoms with Gasteiger partial charge in [-0.1, -0.05) is 128 Å². The van der Waals surface area contributed by atoms with E-state index in [0.29, 0.717) is 39.5 Å². The van der Waals surface area contributed by atoms with Crippen LogP contribution in [0.1, 0.15) is 249 Å². The van der Waals surface area contributed by atoms with Crippen molar-refractivity contribution in [2.45, 2.75) is 244 Å². The lowest BCUT2D eigenvalue weighted by atomic mass is 9.90. The molecule has 1 aliphatic rings. The minimum atomic E-state index is -1.12. The molecule has 9 heteroatoms. The molecule has 0 fully saturated rings. The summed E-state index contributed by atoms with van der Waals surface area (Å²) in [6.07, 6.45) is 44.1. The van der Waals surface area contributed by atoms with Crippen LogP contribution in [0.5, 0.6) is 5.75 Å². The monoisotopic (exact) mass is 1220 g/mol. The third-order valence-corrected chi connectivity index (χ3v) is 15.8. The molecule has 1 aliphatic carbocycles. The molecule has 0 atom stereocenters. The lowest BCUT2D eigenvalue weighted by Gasteiger charge is -2.25. The van der Waals surface area contributed by atoms with Crippen molar-refractivity contribution in [2.24, 2.45) is 0 Å². The smallest absolute Gasteiger partial charge is 0.350 e. The first kappa shape index (κ1) is 77.6. The van der Waals surface area contributed by atoms with Crippen molar-refractivity contribution in [3.63, 3.8) is 0 Å². The normalized spacial score (nSPS) is 14.6. The molecule has 0 spiro atoms. The predicted molar refractivity (Wildman–Crippen MR) is 372 cm³/mol. The summed E-state index contributed by atoms with van der Waals surface area (Å²) in [7, 11) is 2.78. The number of hydrogen-bond donors (Lipinski definition) is 0. The number of rotatable bonds is 37. The van der Waals surface area contributed by atoms with Crippen molar-refractivity contribution >= 4 is 34.9 Å². The number of benzene rings is 2. The highest BCUT2D eigenvalue weighted by Gasteiger charge is 2.34. The Kier molecular flexibility index (Phi) is 37.4. The number of Topliss-reactive ketones (excluding diaryl/α,β-unsaturated/α-hetero) is 2. The van der Waals surface area contributed by atoms with Crippen molar-refractivity contribution in [1.82, 2.24) is 0 Å². The third-order valence-electron chi connectivity index (χ3n) is 15.5. The molecule has 0 unspecified atom stereocenters. The van der Waals surface area contributed by atoms with Crippen molar-refractivity contribution in [3.05, 3.63) is 204 Å². The highest BCUT2D eigenvalue weighted by atomic mass is 35.5. The van der Waals surface area contributed by atoms with E-state index in [1.807, 2.05) is 0 Å². The number of methoxy groups -OCH3 is 2. The van der Waals surface area contributed by atoms with Crippen LogP contribution < -0.4 is 4.74 Å². The van der Waals surface area contributed by atoms with Gasteiger partial charge in [0.1, 0.15) is 5.75 Å². The first-order valence-corrected chi connectivity index (χ1v) is 32.5. The van der Waals surface area contributed by atoms with Crippen molar-refractivity contribution in [3.8, 4) is 5.75 Å². The molecule has 0 aromatic heterocycles. The molecule has 0 N–H and O–H groups in total. The fourth-order valence-corrected chi connectivity index (χ4v) is 9.85. The highest BCUT2D eigenvalue weighted by molar-refractivity contribution is 6.30. The largest absolute Gasteiger partial charge is 0.489 e. The number of carbonyl (C=O) groups excluding carboxylic acids is 4. The number of carbonyl (C=O) groups is 4. The maximum atomic E-state index is 12.9. The quantitative estimate of drug-likeness (QED) is 0.0285. The molecular weight excluding hydrogens is 1110 g/mol. The summed E-state index contributed by atoms with van der Waals surface area (Å²) in [6.45, 7) is 33.2. The highest BCUT2D eigenvalue weighted by Crippen LogP contribution is 2.29. The molecule has 2 aromatic carbocycles. The first-order valence-electron chi connectivity index (χ1n) is 32.1. The zero-order valence-corrected chi connectivity index (χ0v) is 58.3. The summed E-state index contributed by atoms with van der Waals surface area (Å²) < 4.78 is 21.2. The number of ether oxygens (including phenoxy) is 4. The second-order valence-corrected chi connectivity index (χ2v) is 25.5. The van der Waals surface area contributed by atoms with Gasteiger partial charge in [0.25, 0.3) is 0 Å². The summed E-state index contributed by atoms with van der Waals surface area (Å²) >= 11 is 5.84. The number of ketones is 3. The molecule has 0 aliphatic heterocycles. The Bertz CT molecular complexity index is 2960. The predicted octanol–water partition coefficient (Wildman–Crippen LogP) is 22.5. The molecule has 2 aromatic rings. The Morgan fingerprint density at radius 2 is 0.750 bits per heavy atom. The Labute approximate surface area is 538 Å². The second-order valence-electron chi connectivity index (χ2n) is 25.0. The average molecular weight is 1220 g/mol. The van der Waals surface area contributed by atoms with Gasteiger partial charge in [-0.2, -0.15) is 0 Å². The van der Waals surface area contributed by atoms with Crippen LogP contribution in [0.15, 0.2) is 188 Å². The number of halogens is 1. The minimum absolute atomic E-state index is 0.00667. The topological polar surface area (TPSA) is 105 Å². The van der Waals surface area contributed by atoms with E-state index in [0.717, 1.165) is 96.3 Å². The van der Waals surface area contributed by atoms with Crippen LogP contribution >= 0.6 is 11.6 Å². The van der Waals surface area contributed by atoms with E-state index in [1.54, 1.807) is 83.1 Å². The molecule has 88 heavy (non-hydrogen) atoms. The molecule has 0 radical (unpaired) electrons. The van der Waals surface area contributed by atoms with E-state index in [1.165, 1.54) is 89.2 Å². The Balaban J connectivity index is 0.000000870. The summed E-state index contributed by atoms with van der Waals surface area (Å²) in [5.41, 5.74) is 15.4. The van der Waals surface area contributed by atoms with E-state index in [4.69, 9.17) is 30.5 Å². The number of esters is 1. The van der Waals surface area contributed by atoms with Crippen LogP contribution in [0.2, 0.25) is 5.02 Å². The van der Waals surface area contributed by atoms with Crippen LogP contribution in [0.4, 0.5) is 0 Å². The third kappa shape index (κ3) is 32.1. The Hall–Kier alpha value is -6.51. The summed E-state index contributed by atoms with van der Waals surface area (Å²) in [5.74, 6) is -0.638. The van der Waals surface area contributed by atoms with Crippen molar-refractivity contribution in [2.75, 3.05) is 14.2 Å². The van der Waals surface area contributed by atoms with Crippen LogP contribution in [-0.4, -0.2) is 49.2 Å². The van der Waals surface area contributed by atoms with Crippen LogP contribution in [0.25, 0.3) is 0 Å². The van der Waals surface area contributed by atoms with Crippen molar-refractivity contribution < 1.29 is 38.1 Å². The van der Waals surface area contributed by atoms with Gasteiger partial charge in [0.15, 0.2) is 11.4 Å².